The number of rotatable bonds is 9. The van der Waals surface area contributed by atoms with Crippen LogP contribution in [-0.4, -0.2) is 35.2 Å². The van der Waals surface area contributed by atoms with E-state index >= 15 is 0 Å². The van der Waals surface area contributed by atoms with Crippen LogP contribution in [0.5, 0.6) is 0 Å². The summed E-state index contributed by atoms with van der Waals surface area (Å²) >= 11 is 0. The van der Waals surface area contributed by atoms with Gasteiger partial charge in [0, 0.05) is 18.9 Å². The first-order valence-corrected chi connectivity index (χ1v) is 7.34. The minimum atomic E-state index is -1.02. The maximum atomic E-state index is 11.9. The van der Waals surface area contributed by atoms with Gasteiger partial charge in [0.2, 0.25) is 5.91 Å². The van der Waals surface area contributed by atoms with E-state index in [4.69, 9.17) is 9.84 Å². The van der Waals surface area contributed by atoms with Gasteiger partial charge < -0.3 is 15.2 Å². The predicted octanol–water partition coefficient (Wildman–Crippen LogP) is 2.59. The Morgan fingerprint density at radius 3 is 2.30 bits per heavy atom. The van der Waals surface area contributed by atoms with Crippen LogP contribution in [0.25, 0.3) is 0 Å². The molecule has 0 saturated heterocycles. The summed E-state index contributed by atoms with van der Waals surface area (Å²) in [5.74, 6) is -1.36. The Kier molecular flexibility index (Phi) is 8.46. The van der Waals surface area contributed by atoms with E-state index in [0.717, 1.165) is 19.3 Å². The Hall–Kier alpha value is -1.10. The number of hydrogen-bond donors (Lipinski definition) is 2. The molecule has 20 heavy (non-hydrogen) atoms. The molecule has 0 saturated carbocycles. The molecule has 0 aromatic rings. The fourth-order valence-electron chi connectivity index (χ4n) is 1.70. The summed E-state index contributed by atoms with van der Waals surface area (Å²) in [6, 6.07) is -0.881. The van der Waals surface area contributed by atoms with E-state index in [0.29, 0.717) is 6.61 Å². The molecule has 2 N–H and O–H groups in total. The van der Waals surface area contributed by atoms with Gasteiger partial charge in [-0.05, 0) is 27.2 Å². The van der Waals surface area contributed by atoms with E-state index < -0.39 is 12.0 Å². The molecule has 0 fully saturated rings. The quantitative estimate of drug-likeness (QED) is 0.683. The molecule has 5 heteroatoms. The first-order chi connectivity index (χ1) is 9.17. The van der Waals surface area contributed by atoms with Gasteiger partial charge >= 0.3 is 5.97 Å². The highest BCUT2D eigenvalue weighted by molar-refractivity contribution is 5.84. The Morgan fingerprint density at radius 1 is 1.25 bits per heavy atom. The topological polar surface area (TPSA) is 75.6 Å². The minimum Gasteiger partial charge on any atom is -0.480 e. The number of aliphatic carboxylic acids is 1. The van der Waals surface area contributed by atoms with Gasteiger partial charge in [-0.1, -0.05) is 26.7 Å². The van der Waals surface area contributed by atoms with Gasteiger partial charge in [0.1, 0.15) is 6.04 Å². The molecule has 0 radical (unpaired) electrons. The lowest BCUT2D eigenvalue weighted by Gasteiger charge is -2.22. The molecule has 0 spiro atoms. The van der Waals surface area contributed by atoms with Crippen molar-refractivity contribution in [3.05, 3.63) is 0 Å². The van der Waals surface area contributed by atoms with Crippen molar-refractivity contribution in [2.75, 3.05) is 6.61 Å². The van der Waals surface area contributed by atoms with Crippen molar-refractivity contribution in [3.8, 4) is 0 Å². The first kappa shape index (κ1) is 18.9. The van der Waals surface area contributed by atoms with E-state index in [1.807, 2.05) is 27.7 Å². The number of ether oxygens (including phenoxy) is 1. The fraction of sp³-hybridized carbons (Fsp3) is 0.867. The van der Waals surface area contributed by atoms with Crippen molar-refractivity contribution in [3.63, 3.8) is 0 Å². The molecule has 0 aliphatic carbocycles. The number of nitrogens with one attached hydrogen (secondary N) is 1. The summed E-state index contributed by atoms with van der Waals surface area (Å²) in [6.45, 7) is 9.94. The van der Waals surface area contributed by atoms with Crippen LogP contribution < -0.4 is 5.32 Å². The predicted molar refractivity (Wildman–Crippen MR) is 78.6 cm³/mol. The third kappa shape index (κ3) is 8.91. The Bertz CT molecular complexity index is 309. The second kappa shape index (κ2) is 8.95. The molecule has 2 atom stereocenters. The average molecular weight is 287 g/mol. The summed E-state index contributed by atoms with van der Waals surface area (Å²) < 4.78 is 5.50. The zero-order valence-electron chi connectivity index (χ0n) is 13.4. The Balaban J connectivity index is 4.26. The van der Waals surface area contributed by atoms with Crippen molar-refractivity contribution < 1.29 is 19.4 Å². The van der Waals surface area contributed by atoms with Crippen molar-refractivity contribution >= 4 is 11.9 Å². The van der Waals surface area contributed by atoms with Crippen LogP contribution in [0.3, 0.4) is 0 Å². The van der Waals surface area contributed by atoms with E-state index in [1.165, 1.54) is 0 Å². The van der Waals surface area contributed by atoms with Crippen LogP contribution >= 0.6 is 0 Å². The van der Waals surface area contributed by atoms with Gasteiger partial charge in [0.05, 0.1) is 5.60 Å². The molecule has 0 aromatic heterocycles. The summed E-state index contributed by atoms with van der Waals surface area (Å²) in [4.78, 5) is 23.1. The number of unbranched alkanes of at least 4 members (excludes halogenated alkanes) is 1. The smallest absolute Gasteiger partial charge is 0.326 e. The van der Waals surface area contributed by atoms with E-state index in [2.05, 4.69) is 12.2 Å². The van der Waals surface area contributed by atoms with E-state index in [1.54, 1.807) is 0 Å². The highest BCUT2D eigenvalue weighted by atomic mass is 16.5. The second-order valence-corrected chi connectivity index (χ2v) is 6.19. The van der Waals surface area contributed by atoms with Crippen molar-refractivity contribution in [2.45, 2.75) is 71.9 Å². The average Bonchev–Trinajstić information content (AvgIpc) is 2.32. The monoisotopic (exact) mass is 287 g/mol. The lowest BCUT2D eigenvalue weighted by Crippen LogP contribution is -2.44. The van der Waals surface area contributed by atoms with Gasteiger partial charge in [-0.25, -0.2) is 4.79 Å². The normalized spacial score (nSPS) is 14.7. The third-order valence-corrected chi connectivity index (χ3v) is 2.99. The molecule has 0 aliphatic rings. The fourth-order valence-corrected chi connectivity index (χ4v) is 1.70. The molecule has 0 aliphatic heterocycles. The van der Waals surface area contributed by atoms with Gasteiger partial charge in [-0.3, -0.25) is 4.79 Å². The molecule has 1 amide bonds. The van der Waals surface area contributed by atoms with Crippen molar-refractivity contribution in [2.24, 2.45) is 5.92 Å². The van der Waals surface area contributed by atoms with Crippen LogP contribution in [0.1, 0.15) is 60.3 Å². The zero-order valence-corrected chi connectivity index (χ0v) is 13.4. The molecular formula is C15H29NO4. The van der Waals surface area contributed by atoms with Crippen LogP contribution in [-0.2, 0) is 14.3 Å². The second-order valence-electron chi connectivity index (χ2n) is 6.19. The molecule has 2 unspecified atom stereocenters. The molecule has 5 nitrogen and oxygen atoms in total. The van der Waals surface area contributed by atoms with E-state index in [-0.39, 0.29) is 23.8 Å². The first-order valence-electron chi connectivity index (χ1n) is 7.34. The molecule has 0 rings (SSSR count). The largest absolute Gasteiger partial charge is 0.480 e. The summed E-state index contributed by atoms with van der Waals surface area (Å²) in [7, 11) is 0. The standard InChI is InChI=1S/C15H29NO4/c1-6-7-8-11(2)13(17)16-12(14(18)19)9-10-20-15(3,4)5/h11-12H,6-10H2,1-5H3,(H,16,17)(H,18,19). The molecule has 0 heterocycles. The van der Waals surface area contributed by atoms with Crippen LogP contribution in [0.4, 0.5) is 0 Å². The van der Waals surface area contributed by atoms with Gasteiger partial charge in [0.15, 0.2) is 0 Å². The number of carboxylic acid groups (broad SMARTS) is 1. The number of hydrogen-bond acceptors (Lipinski definition) is 3. The zero-order chi connectivity index (χ0) is 15.8. The van der Waals surface area contributed by atoms with Crippen LogP contribution in [0.15, 0.2) is 0 Å². The van der Waals surface area contributed by atoms with Gasteiger partial charge in [-0.2, -0.15) is 0 Å². The highest BCUT2D eigenvalue weighted by Gasteiger charge is 2.23. The van der Waals surface area contributed by atoms with Crippen molar-refractivity contribution in [1.82, 2.24) is 5.32 Å². The lowest BCUT2D eigenvalue weighted by atomic mass is 10.0. The molecular weight excluding hydrogens is 258 g/mol. The van der Waals surface area contributed by atoms with Gasteiger partial charge in [0.25, 0.3) is 0 Å². The number of carbonyl (C=O) groups is 2. The summed E-state index contributed by atoms with van der Waals surface area (Å²) in [6.07, 6.45) is 3.06. The maximum absolute atomic E-state index is 11.9. The number of carboxylic acids is 1. The highest BCUT2D eigenvalue weighted by Crippen LogP contribution is 2.10. The number of amides is 1. The Labute approximate surface area is 122 Å². The molecule has 118 valence electrons. The maximum Gasteiger partial charge on any atom is 0.326 e. The van der Waals surface area contributed by atoms with Crippen molar-refractivity contribution in [1.29, 1.82) is 0 Å². The van der Waals surface area contributed by atoms with Crippen LogP contribution in [0, 0.1) is 5.92 Å². The van der Waals surface area contributed by atoms with Gasteiger partial charge in [-0.15, -0.1) is 0 Å². The molecule has 0 aromatic carbocycles. The lowest BCUT2D eigenvalue weighted by molar-refractivity contribution is -0.143. The SMILES string of the molecule is CCCCC(C)C(=O)NC(CCOC(C)(C)C)C(=O)O. The number of carbonyl (C=O) groups excluding carboxylic acids is 1. The van der Waals surface area contributed by atoms with E-state index in [9.17, 15) is 9.59 Å². The Morgan fingerprint density at radius 2 is 1.85 bits per heavy atom. The summed E-state index contributed by atoms with van der Waals surface area (Å²) in [5.41, 5.74) is -0.304. The minimum absolute atomic E-state index is 0.152. The third-order valence-electron chi connectivity index (χ3n) is 2.99. The van der Waals surface area contributed by atoms with Crippen LogP contribution in [0.2, 0.25) is 0 Å². The summed E-state index contributed by atoms with van der Waals surface area (Å²) in [5, 5.41) is 11.7. The molecule has 0 bridgehead atoms.